The Labute approximate surface area is 103 Å². The number of carbonyl (C=O) groups excluding carboxylic acids is 1. The minimum absolute atomic E-state index is 0.110. The summed E-state index contributed by atoms with van der Waals surface area (Å²) < 4.78 is 6.19. The number of carbonyl (C=O) groups is 2. The molecule has 0 unspecified atom stereocenters. The lowest BCUT2D eigenvalue weighted by Gasteiger charge is -2.21. The fraction of sp³-hybridized carbons (Fsp3) is 0.700. The predicted octanol–water partition coefficient (Wildman–Crippen LogP) is 0.247. The van der Waals surface area contributed by atoms with Gasteiger partial charge in [-0.3, -0.25) is 4.79 Å². The number of carboxylic acid groups (broad SMARTS) is 1. The second kappa shape index (κ2) is 5.56. The summed E-state index contributed by atoms with van der Waals surface area (Å²) in [7, 11) is 0. The molecule has 0 atom stereocenters. The van der Waals surface area contributed by atoms with Gasteiger partial charge in [0.05, 0.1) is 0 Å². The molecule has 1 N–H and O–H groups in total. The van der Waals surface area contributed by atoms with E-state index < -0.39 is 18.5 Å². The minimum Gasteiger partial charge on any atom is -0.480 e. The third kappa shape index (κ3) is 3.02. The Bertz CT molecular complexity index is 439. The maximum atomic E-state index is 11.8. The first-order chi connectivity index (χ1) is 8.66. The second-order valence-corrected chi connectivity index (χ2v) is 4.22. The lowest BCUT2D eigenvalue weighted by Crippen LogP contribution is -2.24. The third-order valence-corrected chi connectivity index (χ3v) is 2.83. The maximum Gasteiger partial charge on any atom is 0.378 e. The summed E-state index contributed by atoms with van der Waals surface area (Å²) in [6, 6.07) is 0. The van der Waals surface area contributed by atoms with Gasteiger partial charge in [0, 0.05) is 0 Å². The van der Waals surface area contributed by atoms with E-state index in [1.165, 1.54) is 0 Å². The van der Waals surface area contributed by atoms with Crippen molar-refractivity contribution in [1.82, 2.24) is 20.2 Å². The van der Waals surface area contributed by atoms with Crippen LogP contribution in [0.1, 0.15) is 42.7 Å². The summed E-state index contributed by atoms with van der Waals surface area (Å²) in [5.74, 6) is -1.94. The van der Waals surface area contributed by atoms with Crippen LogP contribution in [0.3, 0.4) is 0 Å². The molecule has 1 saturated carbocycles. The number of esters is 1. The largest absolute Gasteiger partial charge is 0.480 e. The van der Waals surface area contributed by atoms with Gasteiger partial charge in [-0.1, -0.05) is 6.42 Å². The Hall–Kier alpha value is -1.99. The van der Waals surface area contributed by atoms with Crippen LogP contribution < -0.4 is 0 Å². The first kappa shape index (κ1) is 12.5. The molecule has 0 radical (unpaired) electrons. The van der Waals surface area contributed by atoms with E-state index in [1.54, 1.807) is 0 Å². The highest BCUT2D eigenvalue weighted by Gasteiger charge is 2.23. The monoisotopic (exact) mass is 254 g/mol. The molecule has 0 aliphatic heterocycles. The Morgan fingerprint density at radius 1 is 1.33 bits per heavy atom. The summed E-state index contributed by atoms with van der Waals surface area (Å²) in [5.41, 5.74) is 0. The van der Waals surface area contributed by atoms with E-state index in [0.29, 0.717) is 0 Å². The van der Waals surface area contributed by atoms with E-state index in [0.717, 1.165) is 36.8 Å². The van der Waals surface area contributed by atoms with E-state index in [-0.39, 0.29) is 11.9 Å². The van der Waals surface area contributed by atoms with Crippen LogP contribution in [0.25, 0.3) is 0 Å². The van der Waals surface area contributed by atoms with Crippen molar-refractivity contribution in [1.29, 1.82) is 0 Å². The minimum atomic E-state index is -1.12. The first-order valence-electron chi connectivity index (χ1n) is 5.86. The van der Waals surface area contributed by atoms with Gasteiger partial charge in [0.1, 0.15) is 12.6 Å². The summed E-state index contributed by atoms with van der Waals surface area (Å²) >= 11 is 0. The molecule has 0 saturated heterocycles. The van der Waals surface area contributed by atoms with Gasteiger partial charge in [-0.05, 0) is 36.1 Å². The summed E-state index contributed by atoms with van der Waals surface area (Å²) in [6.07, 6.45) is 4.81. The quantitative estimate of drug-likeness (QED) is 0.767. The van der Waals surface area contributed by atoms with Crippen LogP contribution in [-0.2, 0) is 16.1 Å². The zero-order chi connectivity index (χ0) is 13.0. The van der Waals surface area contributed by atoms with Crippen molar-refractivity contribution in [3.05, 3.63) is 5.82 Å². The number of carboxylic acids is 1. The standard InChI is InChI=1S/C10H14N4O4/c15-8(16)6-14-9(11-12-13-14)10(17)18-7-4-2-1-3-5-7/h7H,1-6H2,(H,15,16). The summed E-state index contributed by atoms with van der Waals surface area (Å²) in [5, 5.41) is 18.9. The van der Waals surface area contributed by atoms with E-state index >= 15 is 0 Å². The van der Waals surface area contributed by atoms with Crippen LogP contribution in [-0.4, -0.2) is 43.4 Å². The fourth-order valence-corrected chi connectivity index (χ4v) is 1.97. The number of aliphatic carboxylic acids is 1. The van der Waals surface area contributed by atoms with Crippen LogP contribution in [0.5, 0.6) is 0 Å². The van der Waals surface area contributed by atoms with E-state index in [9.17, 15) is 9.59 Å². The molecular weight excluding hydrogens is 240 g/mol. The van der Waals surface area contributed by atoms with Gasteiger partial charge >= 0.3 is 11.9 Å². The third-order valence-electron chi connectivity index (χ3n) is 2.83. The molecule has 1 aliphatic carbocycles. The molecule has 98 valence electrons. The molecular formula is C10H14N4O4. The number of nitrogens with zero attached hydrogens (tertiary/aromatic N) is 4. The Morgan fingerprint density at radius 3 is 2.72 bits per heavy atom. The highest BCUT2D eigenvalue weighted by atomic mass is 16.5. The van der Waals surface area contributed by atoms with Crippen molar-refractivity contribution in [3.63, 3.8) is 0 Å². The van der Waals surface area contributed by atoms with Crippen molar-refractivity contribution in [3.8, 4) is 0 Å². The topological polar surface area (TPSA) is 107 Å². The Balaban J connectivity index is 1.99. The highest BCUT2D eigenvalue weighted by Crippen LogP contribution is 2.20. The van der Waals surface area contributed by atoms with Crippen LogP contribution in [0.2, 0.25) is 0 Å². The zero-order valence-corrected chi connectivity index (χ0v) is 9.78. The Kier molecular flexibility index (Phi) is 3.85. The van der Waals surface area contributed by atoms with E-state index in [2.05, 4.69) is 15.5 Å². The molecule has 1 aliphatic rings. The molecule has 1 fully saturated rings. The van der Waals surface area contributed by atoms with Crippen LogP contribution in [0.15, 0.2) is 0 Å². The van der Waals surface area contributed by atoms with Gasteiger partial charge in [-0.2, -0.15) is 0 Å². The normalized spacial score (nSPS) is 16.4. The van der Waals surface area contributed by atoms with Gasteiger partial charge in [0.15, 0.2) is 0 Å². The van der Waals surface area contributed by atoms with Gasteiger partial charge in [-0.15, -0.1) is 5.10 Å². The van der Waals surface area contributed by atoms with E-state index in [4.69, 9.17) is 9.84 Å². The number of ether oxygens (including phenoxy) is 1. The fourth-order valence-electron chi connectivity index (χ4n) is 1.97. The van der Waals surface area contributed by atoms with Crippen molar-refractivity contribution in [2.24, 2.45) is 0 Å². The smallest absolute Gasteiger partial charge is 0.378 e. The van der Waals surface area contributed by atoms with Gasteiger partial charge in [-0.25, -0.2) is 9.48 Å². The zero-order valence-electron chi connectivity index (χ0n) is 9.78. The van der Waals surface area contributed by atoms with Gasteiger partial charge < -0.3 is 9.84 Å². The summed E-state index contributed by atoms with van der Waals surface area (Å²) in [4.78, 5) is 22.4. The lowest BCUT2D eigenvalue weighted by molar-refractivity contribution is -0.137. The van der Waals surface area contributed by atoms with Crippen molar-refractivity contribution in [2.75, 3.05) is 0 Å². The molecule has 8 nitrogen and oxygen atoms in total. The van der Waals surface area contributed by atoms with Gasteiger partial charge in [0.2, 0.25) is 0 Å². The Morgan fingerprint density at radius 2 is 2.06 bits per heavy atom. The van der Waals surface area contributed by atoms with E-state index in [1.807, 2.05) is 0 Å². The second-order valence-electron chi connectivity index (χ2n) is 4.22. The molecule has 1 heterocycles. The highest BCUT2D eigenvalue weighted by molar-refractivity contribution is 5.85. The number of aromatic nitrogens is 4. The predicted molar refractivity (Wildman–Crippen MR) is 57.7 cm³/mol. The van der Waals surface area contributed by atoms with Gasteiger partial charge in [0.25, 0.3) is 5.82 Å². The molecule has 0 amide bonds. The number of hydrogen-bond donors (Lipinski definition) is 1. The van der Waals surface area contributed by atoms with Crippen molar-refractivity contribution in [2.45, 2.75) is 44.8 Å². The van der Waals surface area contributed by atoms with Crippen LogP contribution in [0.4, 0.5) is 0 Å². The average molecular weight is 254 g/mol. The summed E-state index contributed by atoms with van der Waals surface area (Å²) in [6.45, 7) is -0.456. The van der Waals surface area contributed by atoms with Crippen molar-refractivity contribution < 1.29 is 19.4 Å². The molecule has 1 aromatic rings. The lowest BCUT2D eigenvalue weighted by atomic mass is 9.98. The van der Waals surface area contributed by atoms with Crippen LogP contribution >= 0.6 is 0 Å². The molecule has 1 aromatic heterocycles. The average Bonchev–Trinajstić information content (AvgIpc) is 2.77. The SMILES string of the molecule is O=C(O)Cn1nnnc1C(=O)OC1CCCCC1. The molecule has 18 heavy (non-hydrogen) atoms. The number of tetrazole rings is 1. The number of rotatable bonds is 4. The molecule has 0 spiro atoms. The molecule has 0 bridgehead atoms. The maximum absolute atomic E-state index is 11.8. The number of hydrogen-bond acceptors (Lipinski definition) is 6. The molecule has 8 heteroatoms. The van der Waals surface area contributed by atoms with Crippen LogP contribution in [0, 0.1) is 0 Å². The molecule has 2 rings (SSSR count). The van der Waals surface area contributed by atoms with Crippen molar-refractivity contribution >= 4 is 11.9 Å². The molecule has 0 aromatic carbocycles. The first-order valence-corrected chi connectivity index (χ1v) is 5.86.